The van der Waals surface area contributed by atoms with Gasteiger partial charge in [-0.05, 0) is 49.9 Å². The highest BCUT2D eigenvalue weighted by Crippen LogP contribution is 2.22. The monoisotopic (exact) mass is 380 g/mol. The number of nitrogens with one attached hydrogen (secondary N) is 1. The SMILES string of the molecule is CCOC(=O)C1CCN(C(=O)[C@H](C)Nc2ccc(-c3ccccc3)cc2)CC1. The van der Waals surface area contributed by atoms with Crippen LogP contribution in [0.2, 0.25) is 0 Å². The molecule has 1 aliphatic heterocycles. The first kappa shape index (κ1) is 19.9. The zero-order valence-electron chi connectivity index (χ0n) is 16.6. The van der Waals surface area contributed by atoms with E-state index in [2.05, 4.69) is 29.6 Å². The van der Waals surface area contributed by atoms with Gasteiger partial charge in [0.25, 0.3) is 0 Å². The summed E-state index contributed by atoms with van der Waals surface area (Å²) in [5.41, 5.74) is 3.23. The topological polar surface area (TPSA) is 58.6 Å². The van der Waals surface area contributed by atoms with Gasteiger partial charge >= 0.3 is 5.97 Å². The highest BCUT2D eigenvalue weighted by atomic mass is 16.5. The van der Waals surface area contributed by atoms with Crippen LogP contribution in [-0.2, 0) is 14.3 Å². The normalized spacial score (nSPS) is 15.7. The fourth-order valence-corrected chi connectivity index (χ4v) is 3.57. The predicted molar refractivity (Wildman–Crippen MR) is 111 cm³/mol. The first-order chi connectivity index (χ1) is 13.6. The van der Waals surface area contributed by atoms with E-state index in [1.807, 2.05) is 49.1 Å². The Hall–Kier alpha value is -2.82. The molecule has 2 aromatic rings. The predicted octanol–water partition coefficient (Wildman–Crippen LogP) is 3.96. The molecule has 1 fully saturated rings. The van der Waals surface area contributed by atoms with Gasteiger partial charge in [-0.1, -0.05) is 42.5 Å². The van der Waals surface area contributed by atoms with E-state index in [1.165, 1.54) is 5.56 Å². The van der Waals surface area contributed by atoms with Crippen LogP contribution in [-0.4, -0.2) is 42.5 Å². The van der Waals surface area contributed by atoms with E-state index in [1.54, 1.807) is 0 Å². The third-order valence-corrected chi connectivity index (χ3v) is 5.17. The van der Waals surface area contributed by atoms with E-state index < -0.39 is 0 Å². The minimum absolute atomic E-state index is 0.0643. The van der Waals surface area contributed by atoms with Crippen molar-refractivity contribution in [2.75, 3.05) is 25.0 Å². The smallest absolute Gasteiger partial charge is 0.309 e. The van der Waals surface area contributed by atoms with Crippen LogP contribution >= 0.6 is 0 Å². The molecule has 0 aromatic heterocycles. The maximum absolute atomic E-state index is 12.7. The van der Waals surface area contributed by atoms with Gasteiger partial charge in [-0.2, -0.15) is 0 Å². The summed E-state index contributed by atoms with van der Waals surface area (Å²) >= 11 is 0. The Morgan fingerprint density at radius 2 is 1.64 bits per heavy atom. The van der Waals surface area contributed by atoms with Crippen molar-refractivity contribution in [3.63, 3.8) is 0 Å². The number of amides is 1. The molecule has 5 nitrogen and oxygen atoms in total. The van der Waals surface area contributed by atoms with Gasteiger partial charge in [0.15, 0.2) is 0 Å². The summed E-state index contributed by atoms with van der Waals surface area (Å²) in [5.74, 6) is -0.161. The van der Waals surface area contributed by atoms with Gasteiger partial charge in [-0.15, -0.1) is 0 Å². The maximum atomic E-state index is 12.7. The number of likely N-dealkylation sites (tertiary alicyclic amines) is 1. The molecule has 2 aromatic carbocycles. The summed E-state index contributed by atoms with van der Waals surface area (Å²) in [6.07, 6.45) is 1.34. The van der Waals surface area contributed by atoms with E-state index in [0.29, 0.717) is 32.5 Å². The Kier molecular flexibility index (Phi) is 6.69. The van der Waals surface area contributed by atoms with Crippen molar-refractivity contribution < 1.29 is 14.3 Å². The lowest BCUT2D eigenvalue weighted by Crippen LogP contribution is -2.46. The van der Waals surface area contributed by atoms with Gasteiger partial charge in [0.05, 0.1) is 12.5 Å². The molecule has 0 unspecified atom stereocenters. The van der Waals surface area contributed by atoms with Gasteiger partial charge in [-0.25, -0.2) is 0 Å². The van der Waals surface area contributed by atoms with Crippen molar-refractivity contribution in [1.82, 2.24) is 4.90 Å². The number of ether oxygens (including phenoxy) is 1. The van der Waals surface area contributed by atoms with Gasteiger partial charge in [0.1, 0.15) is 6.04 Å². The molecule has 1 aliphatic rings. The molecule has 1 atom stereocenters. The van der Waals surface area contributed by atoms with Crippen LogP contribution in [0, 0.1) is 5.92 Å². The molecule has 5 heteroatoms. The van der Waals surface area contributed by atoms with Crippen molar-refractivity contribution in [3.8, 4) is 11.1 Å². The first-order valence-corrected chi connectivity index (χ1v) is 9.96. The number of anilines is 1. The van der Waals surface area contributed by atoms with Crippen LogP contribution < -0.4 is 5.32 Å². The molecule has 0 bridgehead atoms. The highest BCUT2D eigenvalue weighted by Gasteiger charge is 2.29. The first-order valence-electron chi connectivity index (χ1n) is 9.96. The molecule has 0 spiro atoms. The zero-order valence-corrected chi connectivity index (χ0v) is 16.6. The number of hydrogen-bond acceptors (Lipinski definition) is 4. The van der Waals surface area contributed by atoms with Crippen molar-refractivity contribution in [2.24, 2.45) is 5.92 Å². The Labute approximate surface area is 166 Å². The van der Waals surface area contributed by atoms with Crippen molar-refractivity contribution in [3.05, 3.63) is 54.6 Å². The summed E-state index contributed by atoms with van der Waals surface area (Å²) in [5, 5.41) is 3.29. The third-order valence-electron chi connectivity index (χ3n) is 5.17. The third kappa shape index (κ3) is 4.91. The number of esters is 1. The maximum Gasteiger partial charge on any atom is 0.309 e. The fourth-order valence-electron chi connectivity index (χ4n) is 3.57. The van der Waals surface area contributed by atoms with Crippen molar-refractivity contribution >= 4 is 17.6 Å². The summed E-state index contributed by atoms with van der Waals surface area (Å²) in [6.45, 7) is 5.30. The van der Waals surface area contributed by atoms with Gasteiger partial charge < -0.3 is 15.0 Å². The molecule has 0 saturated carbocycles. The average molecular weight is 380 g/mol. The summed E-state index contributed by atoms with van der Waals surface area (Å²) in [7, 11) is 0. The molecule has 0 aliphatic carbocycles. The molecule has 28 heavy (non-hydrogen) atoms. The summed E-state index contributed by atoms with van der Waals surface area (Å²) in [6, 6.07) is 18.0. The average Bonchev–Trinajstić information content (AvgIpc) is 2.74. The fraction of sp³-hybridized carbons (Fsp3) is 0.391. The quantitative estimate of drug-likeness (QED) is 0.771. The lowest BCUT2D eigenvalue weighted by Gasteiger charge is -2.33. The number of carbonyl (C=O) groups is 2. The summed E-state index contributed by atoms with van der Waals surface area (Å²) < 4.78 is 5.09. The molecule has 1 heterocycles. The molecule has 1 N–H and O–H groups in total. The molecular weight excluding hydrogens is 352 g/mol. The molecule has 3 rings (SSSR count). The lowest BCUT2D eigenvalue weighted by molar-refractivity contribution is -0.151. The number of rotatable bonds is 6. The van der Waals surface area contributed by atoms with Gasteiger partial charge in [-0.3, -0.25) is 9.59 Å². The van der Waals surface area contributed by atoms with Crippen LogP contribution in [0.5, 0.6) is 0 Å². The number of nitrogens with zero attached hydrogens (tertiary/aromatic N) is 1. The number of carbonyl (C=O) groups excluding carboxylic acids is 2. The lowest BCUT2D eigenvalue weighted by atomic mass is 9.96. The van der Waals surface area contributed by atoms with E-state index in [0.717, 1.165) is 11.3 Å². The van der Waals surface area contributed by atoms with Crippen LogP contribution in [0.25, 0.3) is 11.1 Å². The highest BCUT2D eigenvalue weighted by molar-refractivity contribution is 5.85. The van der Waals surface area contributed by atoms with Crippen LogP contribution in [0.15, 0.2) is 54.6 Å². The molecule has 1 amide bonds. The van der Waals surface area contributed by atoms with Crippen molar-refractivity contribution in [2.45, 2.75) is 32.7 Å². The number of benzene rings is 2. The minimum Gasteiger partial charge on any atom is -0.466 e. The Morgan fingerprint density at radius 3 is 2.25 bits per heavy atom. The second-order valence-electron chi connectivity index (χ2n) is 7.16. The molecular formula is C23H28N2O3. The van der Waals surface area contributed by atoms with Gasteiger partial charge in [0, 0.05) is 18.8 Å². The van der Waals surface area contributed by atoms with E-state index >= 15 is 0 Å². The number of hydrogen-bond donors (Lipinski definition) is 1. The minimum atomic E-state index is -0.318. The summed E-state index contributed by atoms with van der Waals surface area (Å²) in [4.78, 5) is 26.4. The second-order valence-corrected chi connectivity index (χ2v) is 7.16. The standard InChI is InChI=1S/C23H28N2O3/c1-3-28-23(27)20-13-15-25(16-14-20)22(26)17(2)24-21-11-9-19(10-12-21)18-7-5-4-6-8-18/h4-12,17,20,24H,3,13-16H2,1-2H3/t17-/m0/s1. The Balaban J connectivity index is 1.53. The van der Waals surface area contributed by atoms with Gasteiger partial charge in [0.2, 0.25) is 5.91 Å². The molecule has 148 valence electrons. The largest absolute Gasteiger partial charge is 0.466 e. The van der Waals surface area contributed by atoms with Crippen LogP contribution in [0.4, 0.5) is 5.69 Å². The van der Waals surface area contributed by atoms with E-state index in [9.17, 15) is 9.59 Å². The number of piperidine rings is 1. The Morgan fingerprint density at radius 1 is 1.04 bits per heavy atom. The molecule has 1 saturated heterocycles. The van der Waals surface area contributed by atoms with Crippen LogP contribution in [0.1, 0.15) is 26.7 Å². The zero-order chi connectivity index (χ0) is 19.9. The van der Waals surface area contributed by atoms with E-state index in [-0.39, 0.29) is 23.8 Å². The van der Waals surface area contributed by atoms with E-state index in [4.69, 9.17) is 4.74 Å². The Bertz CT molecular complexity index is 781. The second kappa shape index (κ2) is 9.40. The van der Waals surface area contributed by atoms with Crippen LogP contribution in [0.3, 0.4) is 0 Å². The molecule has 0 radical (unpaired) electrons. The van der Waals surface area contributed by atoms with Crippen molar-refractivity contribution in [1.29, 1.82) is 0 Å².